The van der Waals surface area contributed by atoms with Crippen molar-refractivity contribution in [1.29, 1.82) is 0 Å². The summed E-state index contributed by atoms with van der Waals surface area (Å²) in [5, 5.41) is 3.33. The Labute approximate surface area is 119 Å². The van der Waals surface area contributed by atoms with Crippen LogP contribution in [0.15, 0.2) is 18.6 Å². The van der Waals surface area contributed by atoms with E-state index in [1.165, 1.54) is 0 Å². The van der Waals surface area contributed by atoms with Crippen molar-refractivity contribution in [3.8, 4) is 0 Å². The fraction of sp³-hybridized carbons (Fsp3) is 0.538. The molecular weight excluding hydrogens is 254 g/mol. The van der Waals surface area contributed by atoms with Gasteiger partial charge in [-0.1, -0.05) is 0 Å². The van der Waals surface area contributed by atoms with Crippen molar-refractivity contribution in [3.63, 3.8) is 0 Å². The average molecular weight is 277 g/mol. The molecule has 0 atom stereocenters. The fourth-order valence-corrected chi connectivity index (χ4v) is 1.91. The van der Waals surface area contributed by atoms with Gasteiger partial charge in [0.1, 0.15) is 0 Å². The standard InChI is InChI=1S/C13H23N7/c1-10(2)19(3)7-4-5-15-12-13-16-6-8-20(13)9-11(17-12)18-14/h6,8-10,18H,4-5,7,14H2,1-3H3,(H,15,17). The predicted octanol–water partition coefficient (Wildman–Crippen LogP) is 1.16. The highest BCUT2D eigenvalue weighted by Gasteiger charge is 2.07. The zero-order valence-electron chi connectivity index (χ0n) is 12.3. The number of hydrazine groups is 1. The number of hydrogen-bond acceptors (Lipinski definition) is 6. The molecule has 0 saturated heterocycles. The van der Waals surface area contributed by atoms with E-state index in [1.54, 1.807) is 12.4 Å². The van der Waals surface area contributed by atoms with Crippen molar-refractivity contribution in [2.45, 2.75) is 26.3 Å². The molecular formula is C13H23N7. The van der Waals surface area contributed by atoms with Crippen LogP contribution in [0.4, 0.5) is 11.6 Å². The Balaban J connectivity index is 1.97. The predicted molar refractivity (Wildman–Crippen MR) is 81.7 cm³/mol. The Morgan fingerprint density at radius 1 is 1.45 bits per heavy atom. The Morgan fingerprint density at radius 2 is 2.25 bits per heavy atom. The first kappa shape index (κ1) is 14.5. The summed E-state index contributed by atoms with van der Waals surface area (Å²) in [5.41, 5.74) is 3.37. The normalized spacial score (nSPS) is 11.5. The van der Waals surface area contributed by atoms with E-state index < -0.39 is 0 Å². The summed E-state index contributed by atoms with van der Waals surface area (Å²) in [6.07, 6.45) is 6.47. The number of anilines is 2. The molecule has 0 saturated carbocycles. The van der Waals surface area contributed by atoms with E-state index in [-0.39, 0.29) is 0 Å². The maximum Gasteiger partial charge on any atom is 0.180 e. The van der Waals surface area contributed by atoms with Gasteiger partial charge in [-0.25, -0.2) is 15.8 Å². The molecule has 0 aromatic carbocycles. The molecule has 4 N–H and O–H groups in total. The third kappa shape index (κ3) is 3.37. The van der Waals surface area contributed by atoms with Gasteiger partial charge >= 0.3 is 0 Å². The molecule has 2 aromatic rings. The number of rotatable bonds is 7. The van der Waals surface area contributed by atoms with Crippen molar-refractivity contribution in [2.75, 3.05) is 30.9 Å². The lowest BCUT2D eigenvalue weighted by molar-refractivity contribution is 0.273. The highest BCUT2D eigenvalue weighted by Crippen LogP contribution is 2.15. The number of fused-ring (bicyclic) bond motifs is 1. The number of nitrogens with two attached hydrogens (primary N) is 1. The first-order valence-corrected chi connectivity index (χ1v) is 6.86. The molecule has 0 aliphatic heterocycles. The summed E-state index contributed by atoms with van der Waals surface area (Å²) < 4.78 is 1.89. The van der Waals surface area contributed by atoms with Crippen LogP contribution >= 0.6 is 0 Å². The quantitative estimate of drug-likeness (QED) is 0.400. The molecule has 2 heterocycles. The second-order valence-electron chi connectivity index (χ2n) is 5.13. The van der Waals surface area contributed by atoms with Crippen LogP contribution < -0.4 is 16.6 Å². The van der Waals surface area contributed by atoms with Gasteiger partial charge in [0.25, 0.3) is 0 Å². The maximum atomic E-state index is 5.43. The van der Waals surface area contributed by atoms with Gasteiger partial charge in [-0.15, -0.1) is 0 Å². The molecule has 0 bridgehead atoms. The summed E-state index contributed by atoms with van der Waals surface area (Å²) in [6, 6.07) is 0.567. The van der Waals surface area contributed by atoms with Crippen molar-refractivity contribution in [3.05, 3.63) is 18.6 Å². The van der Waals surface area contributed by atoms with Crippen LogP contribution in [-0.2, 0) is 0 Å². The lowest BCUT2D eigenvalue weighted by Crippen LogP contribution is -2.28. The summed E-state index contributed by atoms with van der Waals surface area (Å²) in [7, 11) is 2.13. The van der Waals surface area contributed by atoms with Gasteiger partial charge in [-0.05, 0) is 33.9 Å². The van der Waals surface area contributed by atoms with E-state index in [0.717, 1.165) is 31.0 Å². The van der Waals surface area contributed by atoms with E-state index in [0.29, 0.717) is 11.9 Å². The van der Waals surface area contributed by atoms with E-state index in [2.05, 4.69) is 46.5 Å². The number of imidazole rings is 1. The van der Waals surface area contributed by atoms with Crippen LogP contribution in [0.25, 0.3) is 5.65 Å². The van der Waals surface area contributed by atoms with E-state index in [1.807, 2.05) is 10.6 Å². The Morgan fingerprint density at radius 3 is 2.95 bits per heavy atom. The smallest absolute Gasteiger partial charge is 0.180 e. The first-order valence-electron chi connectivity index (χ1n) is 6.86. The Bertz CT molecular complexity index is 549. The van der Waals surface area contributed by atoms with Gasteiger partial charge in [-0.2, -0.15) is 0 Å². The van der Waals surface area contributed by atoms with Crippen LogP contribution in [0.3, 0.4) is 0 Å². The van der Waals surface area contributed by atoms with Crippen molar-refractivity contribution < 1.29 is 0 Å². The molecule has 2 aromatic heterocycles. The van der Waals surface area contributed by atoms with Crippen molar-refractivity contribution in [2.24, 2.45) is 5.84 Å². The molecule has 0 spiro atoms. The van der Waals surface area contributed by atoms with Gasteiger partial charge in [0, 0.05) is 25.0 Å². The van der Waals surface area contributed by atoms with Gasteiger partial charge < -0.3 is 20.0 Å². The molecule has 0 aliphatic rings. The molecule has 0 aliphatic carbocycles. The fourth-order valence-electron chi connectivity index (χ4n) is 1.91. The van der Waals surface area contributed by atoms with Crippen LogP contribution in [0.5, 0.6) is 0 Å². The molecule has 110 valence electrons. The minimum atomic E-state index is 0.567. The first-order chi connectivity index (χ1) is 9.61. The summed E-state index contributed by atoms with van der Waals surface area (Å²) in [6.45, 7) is 6.28. The number of nitrogens with one attached hydrogen (secondary N) is 2. The summed E-state index contributed by atoms with van der Waals surface area (Å²) >= 11 is 0. The highest BCUT2D eigenvalue weighted by molar-refractivity contribution is 5.65. The SMILES string of the molecule is CC(C)N(C)CCCNc1nc(NN)cn2ccnc12. The molecule has 0 fully saturated rings. The number of hydrogen-bond donors (Lipinski definition) is 3. The highest BCUT2D eigenvalue weighted by atomic mass is 15.3. The molecule has 0 radical (unpaired) electrons. The number of aromatic nitrogens is 3. The summed E-state index contributed by atoms with van der Waals surface area (Å²) in [4.78, 5) is 11.0. The lowest BCUT2D eigenvalue weighted by Gasteiger charge is -2.20. The topological polar surface area (TPSA) is 83.5 Å². The molecule has 0 amide bonds. The Hall–Kier alpha value is -1.86. The third-order valence-electron chi connectivity index (χ3n) is 3.38. The second kappa shape index (κ2) is 6.53. The van der Waals surface area contributed by atoms with Crippen LogP contribution in [-0.4, -0.2) is 45.4 Å². The Kier molecular flexibility index (Phi) is 4.75. The minimum absolute atomic E-state index is 0.567. The molecule has 7 nitrogen and oxygen atoms in total. The van der Waals surface area contributed by atoms with E-state index in [9.17, 15) is 0 Å². The zero-order chi connectivity index (χ0) is 14.5. The van der Waals surface area contributed by atoms with Gasteiger partial charge in [-0.3, -0.25) is 0 Å². The molecule has 7 heteroatoms. The number of nitrogens with zero attached hydrogens (tertiary/aromatic N) is 4. The van der Waals surface area contributed by atoms with Crippen molar-refractivity contribution >= 4 is 17.3 Å². The van der Waals surface area contributed by atoms with Gasteiger partial charge in [0.2, 0.25) is 0 Å². The zero-order valence-corrected chi connectivity index (χ0v) is 12.3. The second-order valence-corrected chi connectivity index (χ2v) is 5.13. The molecule has 0 unspecified atom stereocenters. The van der Waals surface area contributed by atoms with E-state index in [4.69, 9.17) is 5.84 Å². The lowest BCUT2D eigenvalue weighted by atomic mass is 10.3. The van der Waals surface area contributed by atoms with Gasteiger partial charge in [0.05, 0.1) is 6.20 Å². The number of nitrogen functional groups attached to an aromatic ring is 1. The average Bonchev–Trinajstić information content (AvgIpc) is 2.91. The largest absolute Gasteiger partial charge is 0.367 e. The van der Waals surface area contributed by atoms with Crippen LogP contribution in [0.2, 0.25) is 0 Å². The van der Waals surface area contributed by atoms with Crippen molar-refractivity contribution in [1.82, 2.24) is 19.3 Å². The molecule has 20 heavy (non-hydrogen) atoms. The van der Waals surface area contributed by atoms with Gasteiger partial charge in [0.15, 0.2) is 17.3 Å². The van der Waals surface area contributed by atoms with Crippen LogP contribution in [0, 0.1) is 0 Å². The minimum Gasteiger partial charge on any atom is -0.367 e. The summed E-state index contributed by atoms with van der Waals surface area (Å²) in [5.74, 6) is 6.78. The monoisotopic (exact) mass is 277 g/mol. The maximum absolute atomic E-state index is 5.43. The van der Waals surface area contributed by atoms with E-state index >= 15 is 0 Å². The van der Waals surface area contributed by atoms with Crippen LogP contribution in [0.1, 0.15) is 20.3 Å². The molecule has 2 rings (SSSR count). The third-order valence-corrected chi connectivity index (χ3v) is 3.38.